The lowest BCUT2D eigenvalue weighted by atomic mass is 10.1. The molecule has 1 saturated heterocycles. The number of aryl methyl sites for hydroxylation is 3. The van der Waals surface area contributed by atoms with Gasteiger partial charge in [0.2, 0.25) is 11.7 Å². The fourth-order valence-electron chi connectivity index (χ4n) is 3.97. The standard InChI is InChI=1S/C24H28N4O2/c1-16-5-7-20(8-6-16)22-25-23(30-26-22)19(4)27-9-11-28(12-10-27)24(29)21-14-17(2)13-18(3)15-21/h5-8,13-15,19H,9-12H2,1-4H3. The van der Waals surface area contributed by atoms with E-state index in [9.17, 15) is 4.79 Å². The highest BCUT2D eigenvalue weighted by Gasteiger charge is 2.28. The second-order valence-electron chi connectivity index (χ2n) is 8.20. The van der Waals surface area contributed by atoms with Gasteiger partial charge in [0.25, 0.3) is 5.91 Å². The maximum absolute atomic E-state index is 12.9. The van der Waals surface area contributed by atoms with E-state index in [1.165, 1.54) is 5.56 Å². The van der Waals surface area contributed by atoms with E-state index in [4.69, 9.17) is 4.52 Å². The van der Waals surface area contributed by atoms with Crippen LogP contribution in [0.1, 0.15) is 45.9 Å². The Balaban J connectivity index is 1.39. The van der Waals surface area contributed by atoms with Crippen molar-refractivity contribution in [3.63, 3.8) is 0 Å². The van der Waals surface area contributed by atoms with E-state index in [1.807, 2.05) is 55.1 Å². The number of carbonyl (C=O) groups is 1. The summed E-state index contributed by atoms with van der Waals surface area (Å²) in [6.07, 6.45) is 0. The van der Waals surface area contributed by atoms with Gasteiger partial charge in [-0.2, -0.15) is 4.98 Å². The van der Waals surface area contributed by atoms with Gasteiger partial charge in [-0.25, -0.2) is 0 Å². The molecule has 30 heavy (non-hydrogen) atoms. The Morgan fingerprint density at radius 2 is 1.57 bits per heavy atom. The van der Waals surface area contributed by atoms with Gasteiger partial charge in [0.15, 0.2) is 0 Å². The number of piperazine rings is 1. The smallest absolute Gasteiger partial charge is 0.253 e. The maximum Gasteiger partial charge on any atom is 0.253 e. The van der Waals surface area contributed by atoms with E-state index in [1.54, 1.807) is 0 Å². The van der Waals surface area contributed by atoms with E-state index in [0.717, 1.165) is 35.3 Å². The Morgan fingerprint density at radius 1 is 0.933 bits per heavy atom. The van der Waals surface area contributed by atoms with Gasteiger partial charge in [0, 0.05) is 37.3 Å². The zero-order valence-corrected chi connectivity index (χ0v) is 18.1. The second-order valence-corrected chi connectivity index (χ2v) is 8.20. The molecule has 1 unspecified atom stereocenters. The van der Waals surface area contributed by atoms with Gasteiger partial charge in [-0.3, -0.25) is 9.69 Å². The lowest BCUT2D eigenvalue weighted by Crippen LogP contribution is -2.49. The molecular weight excluding hydrogens is 376 g/mol. The van der Waals surface area contributed by atoms with Crippen LogP contribution in [0, 0.1) is 20.8 Å². The van der Waals surface area contributed by atoms with Crippen LogP contribution in [0.3, 0.4) is 0 Å². The van der Waals surface area contributed by atoms with Crippen LogP contribution < -0.4 is 0 Å². The van der Waals surface area contributed by atoms with Crippen LogP contribution in [0.2, 0.25) is 0 Å². The van der Waals surface area contributed by atoms with E-state index >= 15 is 0 Å². The molecule has 1 aliphatic heterocycles. The molecule has 1 aliphatic rings. The van der Waals surface area contributed by atoms with Crippen molar-refractivity contribution >= 4 is 5.91 Å². The minimum absolute atomic E-state index is 0.00941. The second kappa shape index (κ2) is 8.40. The third-order valence-electron chi connectivity index (χ3n) is 5.73. The summed E-state index contributed by atoms with van der Waals surface area (Å²) in [5, 5.41) is 4.15. The fraction of sp³-hybridized carbons (Fsp3) is 0.375. The van der Waals surface area contributed by atoms with Crippen molar-refractivity contribution in [3.05, 3.63) is 70.6 Å². The van der Waals surface area contributed by atoms with Crippen molar-refractivity contribution in [2.45, 2.75) is 33.7 Å². The molecule has 1 amide bonds. The highest BCUT2D eigenvalue weighted by molar-refractivity contribution is 5.94. The summed E-state index contributed by atoms with van der Waals surface area (Å²) in [7, 11) is 0. The van der Waals surface area contributed by atoms with Gasteiger partial charge in [-0.15, -0.1) is 0 Å². The first-order valence-electron chi connectivity index (χ1n) is 10.4. The molecule has 3 aromatic rings. The Kier molecular flexibility index (Phi) is 5.68. The van der Waals surface area contributed by atoms with Crippen LogP contribution in [0.25, 0.3) is 11.4 Å². The number of aromatic nitrogens is 2. The monoisotopic (exact) mass is 404 g/mol. The van der Waals surface area contributed by atoms with Crippen LogP contribution in [0.15, 0.2) is 47.0 Å². The minimum Gasteiger partial charge on any atom is -0.337 e. The average molecular weight is 405 g/mol. The zero-order valence-electron chi connectivity index (χ0n) is 18.1. The number of benzene rings is 2. The van der Waals surface area contributed by atoms with Crippen molar-refractivity contribution in [1.29, 1.82) is 0 Å². The summed E-state index contributed by atoms with van der Waals surface area (Å²) >= 11 is 0. The maximum atomic E-state index is 12.9. The van der Waals surface area contributed by atoms with Gasteiger partial charge in [-0.1, -0.05) is 52.2 Å². The van der Waals surface area contributed by atoms with E-state index in [0.29, 0.717) is 24.8 Å². The van der Waals surface area contributed by atoms with Crippen LogP contribution in [0.5, 0.6) is 0 Å². The lowest BCUT2D eigenvalue weighted by molar-refractivity contribution is 0.0551. The molecule has 156 valence electrons. The zero-order chi connectivity index (χ0) is 21.3. The molecule has 2 heterocycles. The third-order valence-corrected chi connectivity index (χ3v) is 5.73. The number of amides is 1. The van der Waals surface area contributed by atoms with Crippen molar-refractivity contribution < 1.29 is 9.32 Å². The fourth-order valence-corrected chi connectivity index (χ4v) is 3.97. The molecule has 0 bridgehead atoms. The first-order chi connectivity index (χ1) is 14.4. The normalized spacial score (nSPS) is 15.9. The van der Waals surface area contributed by atoms with Crippen LogP contribution in [-0.4, -0.2) is 52.0 Å². The summed E-state index contributed by atoms with van der Waals surface area (Å²) < 4.78 is 5.55. The Morgan fingerprint density at radius 3 is 2.20 bits per heavy atom. The first-order valence-corrected chi connectivity index (χ1v) is 10.4. The van der Waals surface area contributed by atoms with E-state index in [2.05, 4.69) is 35.0 Å². The van der Waals surface area contributed by atoms with Crippen molar-refractivity contribution in [3.8, 4) is 11.4 Å². The summed E-state index contributed by atoms with van der Waals surface area (Å²) in [5.74, 6) is 1.33. The quantitative estimate of drug-likeness (QED) is 0.653. The molecule has 2 aromatic carbocycles. The van der Waals surface area contributed by atoms with Gasteiger partial charge in [0.05, 0.1) is 6.04 Å². The molecule has 6 nitrogen and oxygen atoms in total. The largest absolute Gasteiger partial charge is 0.337 e. The molecule has 0 spiro atoms. The van der Waals surface area contributed by atoms with Gasteiger partial charge in [0.1, 0.15) is 0 Å². The Labute approximate surface area is 177 Å². The van der Waals surface area contributed by atoms with Crippen molar-refractivity contribution in [2.24, 2.45) is 0 Å². The number of hydrogen-bond acceptors (Lipinski definition) is 5. The molecule has 1 atom stereocenters. The number of nitrogens with zero attached hydrogens (tertiary/aromatic N) is 4. The molecule has 0 radical (unpaired) electrons. The average Bonchev–Trinajstić information content (AvgIpc) is 3.23. The molecule has 0 saturated carbocycles. The number of hydrogen-bond donors (Lipinski definition) is 0. The highest BCUT2D eigenvalue weighted by atomic mass is 16.5. The SMILES string of the molecule is Cc1ccc(-c2noc(C(C)N3CCN(C(=O)c4cc(C)cc(C)c4)CC3)n2)cc1. The Hall–Kier alpha value is -2.99. The van der Waals surface area contributed by atoms with Gasteiger partial charge >= 0.3 is 0 Å². The summed E-state index contributed by atoms with van der Waals surface area (Å²) in [6.45, 7) is 11.1. The van der Waals surface area contributed by atoms with Crippen LogP contribution in [0.4, 0.5) is 0 Å². The third kappa shape index (κ3) is 4.28. The van der Waals surface area contributed by atoms with E-state index < -0.39 is 0 Å². The summed E-state index contributed by atoms with van der Waals surface area (Å²) in [5.41, 5.74) is 5.15. The topological polar surface area (TPSA) is 62.5 Å². The van der Waals surface area contributed by atoms with Crippen LogP contribution in [-0.2, 0) is 0 Å². The minimum atomic E-state index is 0.00941. The first kappa shape index (κ1) is 20.3. The van der Waals surface area contributed by atoms with Crippen molar-refractivity contribution in [1.82, 2.24) is 19.9 Å². The molecular formula is C24H28N4O2. The number of rotatable bonds is 4. The Bertz CT molecular complexity index is 1010. The molecule has 0 aliphatic carbocycles. The number of carbonyl (C=O) groups excluding carboxylic acids is 1. The van der Waals surface area contributed by atoms with Gasteiger partial charge < -0.3 is 9.42 Å². The van der Waals surface area contributed by atoms with Crippen LogP contribution >= 0.6 is 0 Å². The lowest BCUT2D eigenvalue weighted by Gasteiger charge is -2.36. The molecule has 4 rings (SSSR count). The molecule has 1 aromatic heterocycles. The summed E-state index contributed by atoms with van der Waals surface area (Å²) in [6, 6.07) is 14.1. The highest BCUT2D eigenvalue weighted by Crippen LogP contribution is 2.24. The predicted molar refractivity (Wildman–Crippen MR) is 116 cm³/mol. The summed E-state index contributed by atoms with van der Waals surface area (Å²) in [4.78, 5) is 21.7. The van der Waals surface area contributed by atoms with Crippen molar-refractivity contribution in [2.75, 3.05) is 26.2 Å². The molecule has 0 N–H and O–H groups in total. The molecule has 1 fully saturated rings. The molecule has 6 heteroatoms. The predicted octanol–water partition coefficient (Wildman–Crippen LogP) is 4.18. The van der Waals surface area contributed by atoms with Gasteiger partial charge in [-0.05, 0) is 39.8 Å². The van der Waals surface area contributed by atoms with E-state index in [-0.39, 0.29) is 11.9 Å².